The molecule has 2 aliphatic heterocycles. The Bertz CT molecular complexity index is 1160. The molecule has 6 nitrogen and oxygen atoms in total. The lowest BCUT2D eigenvalue weighted by atomic mass is 10.1. The maximum atomic E-state index is 13.7. The Labute approximate surface area is 208 Å². The second kappa shape index (κ2) is 10.5. The van der Waals surface area contributed by atoms with E-state index >= 15 is 0 Å². The minimum atomic E-state index is -0.0110. The van der Waals surface area contributed by atoms with Gasteiger partial charge < -0.3 is 19.7 Å². The average molecular weight is 522 g/mol. The van der Waals surface area contributed by atoms with Gasteiger partial charge in [0, 0.05) is 55.0 Å². The number of halogens is 1. The van der Waals surface area contributed by atoms with Gasteiger partial charge in [-0.3, -0.25) is 9.69 Å². The van der Waals surface area contributed by atoms with Gasteiger partial charge in [0.25, 0.3) is 5.91 Å². The van der Waals surface area contributed by atoms with E-state index in [1.807, 2.05) is 29.2 Å². The molecule has 0 saturated carbocycles. The first-order valence-electron chi connectivity index (χ1n) is 11.6. The first-order valence-corrected chi connectivity index (χ1v) is 12.4. The highest BCUT2D eigenvalue weighted by Gasteiger charge is 2.23. The van der Waals surface area contributed by atoms with Crippen LogP contribution in [0.1, 0.15) is 27.9 Å². The van der Waals surface area contributed by atoms with Crippen molar-refractivity contribution in [3.05, 3.63) is 87.9 Å². The van der Waals surface area contributed by atoms with E-state index in [0.717, 1.165) is 48.3 Å². The summed E-state index contributed by atoms with van der Waals surface area (Å²) in [7, 11) is 0. The van der Waals surface area contributed by atoms with Gasteiger partial charge in [-0.25, -0.2) is 0 Å². The molecule has 2 heterocycles. The summed E-state index contributed by atoms with van der Waals surface area (Å²) in [5.74, 6) is 1.30. The molecule has 0 atom stereocenters. The van der Waals surface area contributed by atoms with E-state index in [9.17, 15) is 4.79 Å². The summed E-state index contributed by atoms with van der Waals surface area (Å²) in [5.41, 5.74) is 4.06. The van der Waals surface area contributed by atoms with Gasteiger partial charge in [0.2, 0.25) is 6.79 Å². The predicted octanol–water partition coefficient (Wildman–Crippen LogP) is 5.14. The van der Waals surface area contributed by atoms with Crippen LogP contribution >= 0.6 is 15.9 Å². The fraction of sp³-hybridized carbons (Fsp3) is 0.296. The van der Waals surface area contributed by atoms with Crippen molar-refractivity contribution < 1.29 is 14.3 Å². The smallest absolute Gasteiger partial charge is 0.254 e. The van der Waals surface area contributed by atoms with Gasteiger partial charge in [-0.05, 0) is 53.9 Å². The fourth-order valence-electron chi connectivity index (χ4n) is 4.44. The molecular formula is C27H28BrN3O3. The lowest BCUT2D eigenvalue weighted by Crippen LogP contribution is -2.38. The minimum absolute atomic E-state index is 0.0110. The fourth-order valence-corrected chi connectivity index (χ4v) is 4.84. The van der Waals surface area contributed by atoms with Crippen LogP contribution in [0.4, 0.5) is 5.69 Å². The van der Waals surface area contributed by atoms with Crippen molar-refractivity contribution in [2.24, 2.45) is 0 Å². The zero-order chi connectivity index (χ0) is 23.3. The molecular weight excluding hydrogens is 494 g/mol. The number of rotatable bonds is 3. The summed E-state index contributed by atoms with van der Waals surface area (Å²) < 4.78 is 11.9. The summed E-state index contributed by atoms with van der Waals surface area (Å²) in [6.45, 7) is 4.86. The molecule has 0 radical (unpaired) electrons. The van der Waals surface area contributed by atoms with Gasteiger partial charge in [0.15, 0.2) is 11.5 Å². The highest BCUT2D eigenvalue weighted by atomic mass is 79.9. The molecule has 0 fully saturated rings. The second-order valence-electron chi connectivity index (χ2n) is 8.64. The third kappa shape index (κ3) is 5.37. The molecule has 0 aromatic heterocycles. The number of nitrogens with zero attached hydrogens (tertiary/aromatic N) is 2. The number of anilines is 1. The van der Waals surface area contributed by atoms with E-state index in [1.54, 1.807) is 6.07 Å². The third-order valence-electron chi connectivity index (χ3n) is 6.24. The number of benzene rings is 3. The van der Waals surface area contributed by atoms with E-state index in [-0.39, 0.29) is 12.7 Å². The van der Waals surface area contributed by atoms with Crippen molar-refractivity contribution in [1.82, 2.24) is 9.80 Å². The van der Waals surface area contributed by atoms with Gasteiger partial charge >= 0.3 is 0 Å². The maximum absolute atomic E-state index is 13.7. The number of hydrogen-bond donors (Lipinski definition) is 1. The topological polar surface area (TPSA) is 54.0 Å². The number of amides is 1. The van der Waals surface area contributed by atoms with Crippen molar-refractivity contribution in [3.8, 4) is 11.5 Å². The molecule has 0 spiro atoms. The summed E-state index contributed by atoms with van der Waals surface area (Å²) in [4.78, 5) is 18.1. The lowest BCUT2D eigenvalue weighted by molar-refractivity contribution is 0.0719. The summed E-state index contributed by atoms with van der Waals surface area (Å²) in [6, 6.07) is 22.2. The monoisotopic (exact) mass is 521 g/mol. The number of ether oxygens (including phenoxy) is 2. The van der Waals surface area contributed by atoms with Gasteiger partial charge in [-0.1, -0.05) is 46.3 Å². The Kier molecular flexibility index (Phi) is 7.02. The first-order chi connectivity index (χ1) is 16.7. The average Bonchev–Trinajstić information content (AvgIpc) is 3.32. The molecule has 3 aromatic carbocycles. The van der Waals surface area contributed by atoms with E-state index in [0.29, 0.717) is 30.2 Å². The van der Waals surface area contributed by atoms with Crippen LogP contribution in [0.15, 0.2) is 71.2 Å². The molecule has 0 unspecified atom stereocenters. The standard InChI is InChI=1S/C27H28BrN3O3/c28-23-8-9-24-22(15-23)18-31(27(32)21-7-10-25-26(16-21)34-19-33-25)14-13-30(12-4-11-29-24)17-20-5-2-1-3-6-20/h1-3,5-10,15-16,29H,4,11-14,17-19H2. The normalized spacial score (nSPS) is 16.3. The van der Waals surface area contributed by atoms with Crippen LogP contribution in [-0.2, 0) is 13.1 Å². The SMILES string of the molecule is O=C(c1ccc2c(c1)OCO2)N1CCN(Cc2ccccc2)CCCNc2ccc(Br)cc2C1. The van der Waals surface area contributed by atoms with Crippen molar-refractivity contribution in [1.29, 1.82) is 0 Å². The van der Waals surface area contributed by atoms with Crippen LogP contribution in [0.2, 0.25) is 0 Å². The van der Waals surface area contributed by atoms with E-state index in [2.05, 4.69) is 62.5 Å². The summed E-state index contributed by atoms with van der Waals surface area (Å²) in [5, 5.41) is 3.58. The molecule has 7 heteroatoms. The molecule has 1 amide bonds. The zero-order valence-corrected chi connectivity index (χ0v) is 20.6. The molecule has 3 aromatic rings. The number of carbonyl (C=O) groups excluding carboxylic acids is 1. The maximum Gasteiger partial charge on any atom is 0.254 e. The van der Waals surface area contributed by atoms with Crippen molar-refractivity contribution in [3.63, 3.8) is 0 Å². The van der Waals surface area contributed by atoms with Gasteiger partial charge in [-0.2, -0.15) is 0 Å². The Morgan fingerprint density at radius 2 is 1.79 bits per heavy atom. The molecule has 0 saturated heterocycles. The van der Waals surface area contributed by atoms with Crippen molar-refractivity contribution in [2.45, 2.75) is 19.5 Å². The largest absolute Gasteiger partial charge is 0.454 e. The van der Waals surface area contributed by atoms with E-state index in [1.165, 1.54) is 5.56 Å². The van der Waals surface area contributed by atoms with Crippen molar-refractivity contribution >= 4 is 27.5 Å². The molecule has 0 aliphatic carbocycles. The van der Waals surface area contributed by atoms with E-state index in [4.69, 9.17) is 9.47 Å². The summed E-state index contributed by atoms with van der Waals surface area (Å²) in [6.07, 6.45) is 1.03. The highest BCUT2D eigenvalue weighted by Crippen LogP contribution is 2.33. The van der Waals surface area contributed by atoms with Crippen LogP contribution < -0.4 is 14.8 Å². The van der Waals surface area contributed by atoms with Gasteiger partial charge in [0.05, 0.1) is 0 Å². The molecule has 176 valence electrons. The Hall–Kier alpha value is -3.03. The minimum Gasteiger partial charge on any atom is -0.454 e. The quantitative estimate of drug-likeness (QED) is 0.517. The lowest BCUT2D eigenvalue weighted by Gasteiger charge is -2.28. The zero-order valence-electron chi connectivity index (χ0n) is 19.0. The number of fused-ring (bicyclic) bond motifs is 2. The first kappa shape index (κ1) is 22.7. The number of carbonyl (C=O) groups is 1. The molecule has 2 aliphatic rings. The molecule has 34 heavy (non-hydrogen) atoms. The number of nitrogens with one attached hydrogen (secondary N) is 1. The highest BCUT2D eigenvalue weighted by molar-refractivity contribution is 9.10. The predicted molar refractivity (Wildman–Crippen MR) is 136 cm³/mol. The third-order valence-corrected chi connectivity index (χ3v) is 6.73. The number of hydrogen-bond acceptors (Lipinski definition) is 5. The van der Waals surface area contributed by atoms with E-state index < -0.39 is 0 Å². The molecule has 0 bridgehead atoms. The Balaban J connectivity index is 1.42. The van der Waals surface area contributed by atoms with Crippen LogP contribution in [0, 0.1) is 0 Å². The van der Waals surface area contributed by atoms with Crippen LogP contribution in [-0.4, -0.2) is 48.7 Å². The molecule has 1 N–H and O–H groups in total. The van der Waals surface area contributed by atoms with Crippen LogP contribution in [0.25, 0.3) is 0 Å². The van der Waals surface area contributed by atoms with Gasteiger partial charge in [0.1, 0.15) is 0 Å². The Morgan fingerprint density at radius 3 is 2.68 bits per heavy atom. The summed E-state index contributed by atoms with van der Waals surface area (Å²) >= 11 is 3.60. The van der Waals surface area contributed by atoms with Crippen LogP contribution in [0.3, 0.4) is 0 Å². The van der Waals surface area contributed by atoms with Crippen molar-refractivity contribution in [2.75, 3.05) is 38.3 Å². The Morgan fingerprint density at radius 1 is 0.941 bits per heavy atom. The van der Waals surface area contributed by atoms with Gasteiger partial charge in [-0.15, -0.1) is 0 Å². The molecule has 5 rings (SSSR count). The second-order valence-corrected chi connectivity index (χ2v) is 9.55. The van der Waals surface area contributed by atoms with Crippen LogP contribution in [0.5, 0.6) is 11.5 Å².